The van der Waals surface area contributed by atoms with Crippen LogP contribution in [0.3, 0.4) is 0 Å². The van der Waals surface area contributed by atoms with Crippen LogP contribution in [-0.2, 0) is 21.1 Å². The highest BCUT2D eigenvalue weighted by Gasteiger charge is 2.28. The first-order valence-electron chi connectivity index (χ1n) is 7.57. The van der Waals surface area contributed by atoms with Crippen molar-refractivity contribution < 1.29 is 18.2 Å². The SMILES string of the molecule is C[n+]1c(-c2oc3ccccc3[n+]2C)cccc1-n1ccc[n+]1C. The second-order valence-electron chi connectivity index (χ2n) is 5.67. The predicted octanol–water partition coefficient (Wildman–Crippen LogP) is 1.36. The van der Waals surface area contributed by atoms with Gasteiger partial charge >= 0.3 is 11.7 Å². The molecule has 0 saturated heterocycles. The standard InChI is InChI=1S/C18H19N4O/c1-19-12-7-13-22(19)17-11-6-9-15(20(17)2)18-21(3)14-8-4-5-10-16(14)23-18/h4-13H,1-3H3/q+3. The lowest BCUT2D eigenvalue weighted by atomic mass is 10.3. The van der Waals surface area contributed by atoms with E-state index in [1.54, 1.807) is 0 Å². The van der Waals surface area contributed by atoms with Gasteiger partial charge in [-0.3, -0.25) is 0 Å². The molecule has 5 heteroatoms. The third-order valence-electron chi connectivity index (χ3n) is 4.27. The minimum absolute atomic E-state index is 0.838. The molecule has 0 fully saturated rings. The van der Waals surface area contributed by atoms with Crippen LogP contribution >= 0.6 is 0 Å². The van der Waals surface area contributed by atoms with Crippen molar-refractivity contribution in [2.45, 2.75) is 0 Å². The summed E-state index contributed by atoms with van der Waals surface area (Å²) in [6.07, 6.45) is 4.06. The van der Waals surface area contributed by atoms with Crippen LogP contribution in [0.2, 0.25) is 0 Å². The highest BCUT2D eigenvalue weighted by molar-refractivity contribution is 5.70. The number of aryl methyl sites for hydroxylation is 2. The van der Waals surface area contributed by atoms with Gasteiger partial charge in [-0.05, 0) is 22.9 Å². The molecule has 0 aliphatic carbocycles. The van der Waals surface area contributed by atoms with E-state index in [1.165, 1.54) is 0 Å². The molecular weight excluding hydrogens is 288 g/mol. The van der Waals surface area contributed by atoms with E-state index in [0.29, 0.717) is 0 Å². The average molecular weight is 307 g/mol. The van der Waals surface area contributed by atoms with Gasteiger partial charge in [0.1, 0.15) is 7.05 Å². The van der Waals surface area contributed by atoms with Gasteiger partial charge in [0.15, 0.2) is 13.2 Å². The number of oxazole rings is 1. The maximum absolute atomic E-state index is 6.09. The van der Waals surface area contributed by atoms with Crippen molar-refractivity contribution >= 4 is 11.1 Å². The van der Waals surface area contributed by atoms with Crippen LogP contribution in [0.25, 0.3) is 28.5 Å². The lowest BCUT2D eigenvalue weighted by molar-refractivity contribution is -0.764. The van der Waals surface area contributed by atoms with E-state index in [9.17, 15) is 0 Å². The van der Waals surface area contributed by atoms with Gasteiger partial charge in [0.25, 0.3) is 5.52 Å². The summed E-state index contributed by atoms with van der Waals surface area (Å²) < 4.78 is 14.4. The van der Waals surface area contributed by atoms with Gasteiger partial charge in [-0.15, -0.1) is 0 Å². The molecule has 4 aromatic rings. The zero-order chi connectivity index (χ0) is 16.0. The molecule has 0 N–H and O–H groups in total. The molecule has 0 spiro atoms. The molecule has 3 aromatic heterocycles. The Morgan fingerprint density at radius 3 is 2.43 bits per heavy atom. The van der Waals surface area contributed by atoms with Crippen molar-refractivity contribution in [2.75, 3.05) is 0 Å². The molecule has 0 atom stereocenters. The lowest BCUT2D eigenvalue weighted by Gasteiger charge is -2.01. The molecule has 0 aliphatic heterocycles. The normalized spacial score (nSPS) is 11.3. The Labute approximate surface area is 134 Å². The smallest absolute Gasteiger partial charge is 0.395 e. The zero-order valence-electron chi connectivity index (χ0n) is 13.5. The molecule has 0 aliphatic rings. The van der Waals surface area contributed by atoms with Crippen LogP contribution in [0.15, 0.2) is 65.3 Å². The monoisotopic (exact) mass is 307 g/mol. The van der Waals surface area contributed by atoms with Crippen molar-refractivity contribution in [3.05, 3.63) is 60.9 Å². The number of hydrogen-bond donors (Lipinski definition) is 0. The highest BCUT2D eigenvalue weighted by atomic mass is 16.4. The van der Waals surface area contributed by atoms with Crippen LogP contribution in [0.4, 0.5) is 0 Å². The van der Waals surface area contributed by atoms with Gasteiger partial charge in [-0.25, -0.2) is 4.57 Å². The van der Waals surface area contributed by atoms with Gasteiger partial charge < -0.3 is 4.42 Å². The minimum Gasteiger partial charge on any atom is -0.395 e. The quantitative estimate of drug-likeness (QED) is 0.514. The largest absolute Gasteiger partial charge is 0.422 e. The van der Waals surface area contributed by atoms with E-state index < -0.39 is 0 Å². The number of pyridine rings is 1. The summed E-state index contributed by atoms with van der Waals surface area (Å²) in [7, 11) is 6.11. The van der Waals surface area contributed by atoms with E-state index in [2.05, 4.69) is 45.1 Å². The van der Waals surface area contributed by atoms with Gasteiger partial charge in [0.05, 0.1) is 13.1 Å². The van der Waals surface area contributed by atoms with E-state index in [-0.39, 0.29) is 0 Å². The molecule has 23 heavy (non-hydrogen) atoms. The van der Waals surface area contributed by atoms with Gasteiger partial charge in [-0.2, -0.15) is 4.57 Å². The fraction of sp³-hybridized carbons (Fsp3) is 0.167. The summed E-state index contributed by atoms with van der Waals surface area (Å²) in [5.41, 5.74) is 3.00. The molecule has 4 rings (SSSR count). The third-order valence-corrected chi connectivity index (χ3v) is 4.27. The molecule has 0 bridgehead atoms. The van der Waals surface area contributed by atoms with Crippen LogP contribution in [0, 0.1) is 0 Å². The molecule has 0 unspecified atom stereocenters. The van der Waals surface area contributed by atoms with Crippen molar-refractivity contribution in [1.82, 2.24) is 4.68 Å². The molecule has 5 nitrogen and oxygen atoms in total. The van der Waals surface area contributed by atoms with Crippen molar-refractivity contribution in [3.63, 3.8) is 0 Å². The van der Waals surface area contributed by atoms with E-state index in [1.807, 2.05) is 55.4 Å². The topological polar surface area (TPSA) is 29.7 Å². The first kappa shape index (κ1) is 13.7. The number of fused-ring (bicyclic) bond motifs is 1. The zero-order valence-corrected chi connectivity index (χ0v) is 13.5. The van der Waals surface area contributed by atoms with Crippen molar-refractivity contribution in [2.24, 2.45) is 21.1 Å². The number of nitrogens with zero attached hydrogens (tertiary/aromatic N) is 4. The van der Waals surface area contributed by atoms with Crippen molar-refractivity contribution in [3.8, 4) is 17.4 Å². The molecule has 1 aromatic carbocycles. The van der Waals surface area contributed by atoms with Crippen LogP contribution in [0.1, 0.15) is 0 Å². The molecule has 0 saturated carbocycles. The number of para-hydroxylation sites is 2. The van der Waals surface area contributed by atoms with E-state index in [4.69, 9.17) is 4.42 Å². The lowest BCUT2D eigenvalue weighted by Crippen LogP contribution is -2.46. The maximum Gasteiger partial charge on any atom is 0.422 e. The summed E-state index contributed by atoms with van der Waals surface area (Å²) in [6, 6.07) is 16.3. The Morgan fingerprint density at radius 2 is 1.70 bits per heavy atom. The molecule has 3 heterocycles. The number of hydrogen-bond acceptors (Lipinski definition) is 1. The first-order valence-corrected chi connectivity index (χ1v) is 7.57. The highest BCUT2D eigenvalue weighted by Crippen LogP contribution is 2.20. The second kappa shape index (κ2) is 5.05. The molecule has 0 radical (unpaired) electrons. The number of aromatic nitrogens is 4. The Morgan fingerprint density at radius 1 is 0.870 bits per heavy atom. The minimum atomic E-state index is 0.838. The maximum atomic E-state index is 6.09. The Kier molecular flexibility index (Phi) is 3.01. The van der Waals surface area contributed by atoms with E-state index >= 15 is 0 Å². The van der Waals surface area contributed by atoms with Crippen LogP contribution < -0.4 is 13.8 Å². The average Bonchev–Trinajstić information content (AvgIpc) is 3.12. The third kappa shape index (κ3) is 2.04. The summed E-state index contributed by atoms with van der Waals surface area (Å²) in [6.45, 7) is 0. The van der Waals surface area contributed by atoms with Crippen molar-refractivity contribution in [1.29, 1.82) is 0 Å². The molecule has 0 amide bonds. The first-order chi connectivity index (χ1) is 11.2. The molecular formula is C18H19N4O+3. The summed E-state index contributed by atoms with van der Waals surface area (Å²) in [5.74, 6) is 1.90. The predicted molar refractivity (Wildman–Crippen MR) is 84.5 cm³/mol. The summed E-state index contributed by atoms with van der Waals surface area (Å²) in [5, 5.41) is 0. The fourth-order valence-electron chi connectivity index (χ4n) is 3.00. The van der Waals surface area contributed by atoms with Gasteiger partial charge in [0, 0.05) is 16.8 Å². The Balaban J connectivity index is 1.96. The second-order valence-corrected chi connectivity index (χ2v) is 5.67. The number of benzene rings is 1. The molecule has 114 valence electrons. The number of rotatable bonds is 2. The van der Waals surface area contributed by atoms with Gasteiger partial charge in [-0.1, -0.05) is 12.1 Å². The summed E-state index contributed by atoms with van der Waals surface area (Å²) >= 11 is 0. The Bertz CT molecular complexity index is 1010. The Hall–Kier alpha value is -2.95. The van der Waals surface area contributed by atoms with Crippen LogP contribution in [0.5, 0.6) is 0 Å². The van der Waals surface area contributed by atoms with Crippen LogP contribution in [-0.4, -0.2) is 4.68 Å². The fourth-order valence-corrected chi connectivity index (χ4v) is 3.00. The summed E-state index contributed by atoms with van der Waals surface area (Å²) in [4.78, 5) is 0. The van der Waals surface area contributed by atoms with Gasteiger partial charge in [0.2, 0.25) is 17.5 Å². The van der Waals surface area contributed by atoms with E-state index in [0.717, 1.165) is 28.5 Å².